The zero-order chi connectivity index (χ0) is 24.8. The number of amides is 2. The molecule has 1 aromatic heterocycles. The van der Waals surface area contributed by atoms with E-state index in [4.69, 9.17) is 0 Å². The van der Waals surface area contributed by atoms with Crippen LogP contribution in [0.5, 0.6) is 0 Å². The van der Waals surface area contributed by atoms with Crippen molar-refractivity contribution < 1.29 is 18.5 Å². The first-order valence-electron chi connectivity index (χ1n) is 11.1. The third-order valence-electron chi connectivity index (χ3n) is 5.65. The van der Waals surface area contributed by atoms with Crippen molar-refractivity contribution in [1.82, 2.24) is 9.88 Å². The lowest BCUT2D eigenvalue weighted by Crippen LogP contribution is -2.31. The Kier molecular flexibility index (Phi) is 7.46. The largest absolute Gasteiger partial charge is 0.355 e. The number of urea groups is 1. The molecule has 3 aromatic rings. The summed E-state index contributed by atoms with van der Waals surface area (Å²) in [5.41, 5.74) is 1.41. The zero-order valence-corrected chi connectivity index (χ0v) is 18.8. The minimum atomic E-state index is -0.864. The van der Waals surface area contributed by atoms with Gasteiger partial charge in [-0.25, -0.2) is 18.6 Å². The first-order chi connectivity index (χ1) is 16.9. The van der Waals surface area contributed by atoms with E-state index in [9.17, 15) is 23.7 Å². The van der Waals surface area contributed by atoms with Crippen LogP contribution in [-0.4, -0.2) is 47.0 Å². The quantitative estimate of drug-likeness (QED) is 0.392. The molecule has 0 bridgehead atoms. The molecule has 35 heavy (non-hydrogen) atoms. The fourth-order valence-corrected chi connectivity index (χ4v) is 3.86. The average Bonchev–Trinajstić information content (AvgIpc) is 3.07. The molecule has 182 valence electrons. The van der Waals surface area contributed by atoms with Crippen LogP contribution in [0.2, 0.25) is 0 Å². The van der Waals surface area contributed by atoms with E-state index < -0.39 is 22.6 Å². The molecule has 0 radical (unpaired) electrons. The number of benzene rings is 2. The molecule has 1 aliphatic rings. The molecule has 2 amide bonds. The summed E-state index contributed by atoms with van der Waals surface area (Å²) < 4.78 is 26.7. The molecule has 1 saturated heterocycles. The number of pyridine rings is 1. The van der Waals surface area contributed by atoms with E-state index in [1.165, 1.54) is 18.3 Å². The van der Waals surface area contributed by atoms with Crippen LogP contribution in [0, 0.1) is 21.7 Å². The van der Waals surface area contributed by atoms with Gasteiger partial charge >= 0.3 is 6.03 Å². The molecule has 4 rings (SSSR count). The van der Waals surface area contributed by atoms with Crippen molar-refractivity contribution in [2.45, 2.75) is 13.0 Å². The smallest absolute Gasteiger partial charge is 0.323 e. The van der Waals surface area contributed by atoms with Gasteiger partial charge in [0, 0.05) is 50.9 Å². The SMILES string of the molecule is O=C(Nc1ccc(N2CCCN(Cc3ccc([N+](=O)[O-])cc3)CC2)nc1)Nc1ccc(F)cc1F. The Bertz CT molecular complexity index is 1190. The van der Waals surface area contributed by atoms with Crippen molar-refractivity contribution in [2.24, 2.45) is 0 Å². The topological polar surface area (TPSA) is 104 Å². The normalized spacial score (nSPS) is 14.3. The first-order valence-corrected chi connectivity index (χ1v) is 11.1. The third-order valence-corrected chi connectivity index (χ3v) is 5.65. The number of nitro groups is 1. The Morgan fingerprint density at radius 1 is 1.00 bits per heavy atom. The molecule has 2 N–H and O–H groups in total. The third kappa shape index (κ3) is 6.48. The predicted molar refractivity (Wildman–Crippen MR) is 128 cm³/mol. The Balaban J connectivity index is 1.29. The number of nitrogens with one attached hydrogen (secondary N) is 2. The van der Waals surface area contributed by atoms with E-state index >= 15 is 0 Å². The van der Waals surface area contributed by atoms with Crippen molar-refractivity contribution >= 4 is 28.9 Å². The molecule has 2 heterocycles. The first kappa shape index (κ1) is 24.0. The summed E-state index contributed by atoms with van der Waals surface area (Å²) in [6.07, 6.45) is 2.45. The maximum atomic E-state index is 13.7. The van der Waals surface area contributed by atoms with E-state index in [2.05, 4.69) is 25.4 Å². The highest BCUT2D eigenvalue weighted by Gasteiger charge is 2.17. The molecular formula is C24H24F2N6O3. The number of nitro benzene ring substituents is 1. The second-order valence-electron chi connectivity index (χ2n) is 8.15. The van der Waals surface area contributed by atoms with Crippen LogP contribution < -0.4 is 15.5 Å². The van der Waals surface area contributed by atoms with Crippen LogP contribution >= 0.6 is 0 Å². The van der Waals surface area contributed by atoms with Crippen LogP contribution in [0.25, 0.3) is 0 Å². The van der Waals surface area contributed by atoms with Gasteiger partial charge in [-0.05, 0) is 36.2 Å². The number of hydrogen-bond acceptors (Lipinski definition) is 6. The summed E-state index contributed by atoms with van der Waals surface area (Å²) in [5, 5.41) is 15.7. The number of halogens is 2. The maximum absolute atomic E-state index is 13.7. The summed E-state index contributed by atoms with van der Waals surface area (Å²) in [4.78, 5) is 31.5. The van der Waals surface area contributed by atoms with Crippen LogP contribution in [-0.2, 0) is 6.54 Å². The van der Waals surface area contributed by atoms with Crippen molar-refractivity contribution in [3.05, 3.63) is 88.1 Å². The number of carbonyl (C=O) groups is 1. The van der Waals surface area contributed by atoms with E-state index in [-0.39, 0.29) is 11.4 Å². The van der Waals surface area contributed by atoms with E-state index in [0.717, 1.165) is 56.1 Å². The predicted octanol–water partition coefficient (Wildman–Crippen LogP) is 4.62. The lowest BCUT2D eigenvalue weighted by molar-refractivity contribution is -0.384. The van der Waals surface area contributed by atoms with Crippen molar-refractivity contribution in [2.75, 3.05) is 41.7 Å². The number of rotatable bonds is 6. The fourth-order valence-electron chi connectivity index (χ4n) is 3.86. The molecule has 0 saturated carbocycles. The van der Waals surface area contributed by atoms with Gasteiger partial charge in [-0.1, -0.05) is 12.1 Å². The second kappa shape index (κ2) is 10.9. The van der Waals surface area contributed by atoms with Gasteiger partial charge < -0.3 is 15.5 Å². The maximum Gasteiger partial charge on any atom is 0.323 e. The fraction of sp³-hybridized carbons (Fsp3) is 0.250. The molecule has 0 spiro atoms. The second-order valence-corrected chi connectivity index (χ2v) is 8.15. The molecular weight excluding hydrogens is 458 g/mol. The van der Waals surface area contributed by atoms with Gasteiger partial charge in [-0.15, -0.1) is 0 Å². The monoisotopic (exact) mass is 482 g/mol. The Labute approximate surface area is 200 Å². The van der Waals surface area contributed by atoms with Crippen LogP contribution in [0.15, 0.2) is 60.8 Å². The molecule has 1 aliphatic heterocycles. The summed E-state index contributed by atoms with van der Waals surface area (Å²) in [6.45, 7) is 4.00. The van der Waals surface area contributed by atoms with Crippen molar-refractivity contribution in [1.29, 1.82) is 0 Å². The molecule has 9 nitrogen and oxygen atoms in total. The lowest BCUT2D eigenvalue weighted by Gasteiger charge is -2.23. The minimum absolute atomic E-state index is 0.0832. The standard InChI is InChI=1S/C24H24F2N6O3/c25-18-4-8-22(21(26)14-18)29-24(33)28-19-5-9-23(27-15-19)31-11-1-10-30(12-13-31)16-17-2-6-20(7-3-17)32(34)35/h2-9,14-15H,1,10-13,16H2,(H2,28,29,33). The number of carbonyl (C=O) groups excluding carboxylic acids is 1. The Morgan fingerprint density at radius 2 is 1.80 bits per heavy atom. The summed E-state index contributed by atoms with van der Waals surface area (Å²) in [5.74, 6) is -0.814. The number of hydrogen-bond donors (Lipinski definition) is 2. The molecule has 0 unspecified atom stereocenters. The molecule has 2 aromatic carbocycles. The van der Waals surface area contributed by atoms with Crippen LogP contribution in [0.1, 0.15) is 12.0 Å². The van der Waals surface area contributed by atoms with Gasteiger partial charge in [0.25, 0.3) is 5.69 Å². The number of nitrogens with zero attached hydrogens (tertiary/aromatic N) is 4. The van der Waals surface area contributed by atoms with E-state index in [1.54, 1.807) is 24.3 Å². The minimum Gasteiger partial charge on any atom is -0.355 e. The molecule has 11 heteroatoms. The van der Waals surface area contributed by atoms with Gasteiger partial charge in [-0.3, -0.25) is 15.0 Å². The molecule has 1 fully saturated rings. The summed E-state index contributed by atoms with van der Waals surface area (Å²) >= 11 is 0. The van der Waals surface area contributed by atoms with Crippen molar-refractivity contribution in [3.8, 4) is 0 Å². The number of aromatic nitrogens is 1. The van der Waals surface area contributed by atoms with Gasteiger partial charge in [-0.2, -0.15) is 0 Å². The van der Waals surface area contributed by atoms with Crippen molar-refractivity contribution in [3.63, 3.8) is 0 Å². The Morgan fingerprint density at radius 3 is 2.49 bits per heavy atom. The number of anilines is 3. The Hall–Kier alpha value is -4.12. The van der Waals surface area contributed by atoms with Gasteiger partial charge in [0.15, 0.2) is 0 Å². The molecule has 0 aliphatic carbocycles. The van der Waals surface area contributed by atoms with Gasteiger partial charge in [0.05, 0.1) is 22.5 Å². The highest BCUT2D eigenvalue weighted by molar-refractivity contribution is 5.99. The lowest BCUT2D eigenvalue weighted by atomic mass is 10.2. The van der Waals surface area contributed by atoms with E-state index in [0.29, 0.717) is 18.3 Å². The highest BCUT2D eigenvalue weighted by atomic mass is 19.1. The highest BCUT2D eigenvalue weighted by Crippen LogP contribution is 2.19. The van der Waals surface area contributed by atoms with E-state index in [1.807, 2.05) is 0 Å². The van der Waals surface area contributed by atoms with Crippen LogP contribution in [0.3, 0.4) is 0 Å². The van der Waals surface area contributed by atoms with Gasteiger partial charge in [0.2, 0.25) is 0 Å². The number of non-ortho nitro benzene ring substituents is 1. The summed E-state index contributed by atoms with van der Waals surface area (Å²) in [6, 6.07) is 12.4. The average molecular weight is 482 g/mol. The summed E-state index contributed by atoms with van der Waals surface area (Å²) in [7, 11) is 0. The van der Waals surface area contributed by atoms with Gasteiger partial charge in [0.1, 0.15) is 17.5 Å². The zero-order valence-electron chi connectivity index (χ0n) is 18.8. The molecule has 0 atom stereocenters. The van der Waals surface area contributed by atoms with Crippen LogP contribution in [0.4, 0.5) is 36.5 Å².